The van der Waals surface area contributed by atoms with Crippen LogP contribution in [0.5, 0.6) is 0 Å². The molecule has 0 aliphatic heterocycles. The van der Waals surface area contributed by atoms with Gasteiger partial charge in [-0.2, -0.15) is 0 Å². The van der Waals surface area contributed by atoms with Gasteiger partial charge in [0, 0.05) is 5.56 Å². The fourth-order valence-electron chi connectivity index (χ4n) is 2.46. The second-order valence-electron chi connectivity index (χ2n) is 5.45. The Bertz CT molecular complexity index is 618. The van der Waals surface area contributed by atoms with E-state index in [9.17, 15) is 4.39 Å². The normalized spacial score (nSPS) is 10.4. The summed E-state index contributed by atoms with van der Waals surface area (Å²) in [6, 6.07) is 8.42. The predicted octanol–water partition coefficient (Wildman–Crippen LogP) is 5.40. The first-order chi connectivity index (χ1) is 11.1. The van der Waals surface area contributed by atoms with Crippen molar-refractivity contribution in [1.29, 1.82) is 0 Å². The van der Waals surface area contributed by atoms with Gasteiger partial charge in [0.2, 0.25) is 0 Å². The van der Waals surface area contributed by atoms with E-state index >= 15 is 0 Å². The fraction of sp³-hybridized carbons (Fsp3) is 0.444. The predicted molar refractivity (Wildman–Crippen MR) is 108 cm³/mol. The Hall–Kier alpha value is -0.780. The minimum atomic E-state index is -0.419. The van der Waals surface area contributed by atoms with Crippen molar-refractivity contribution < 1.29 is 8.81 Å². The Labute approximate surface area is 166 Å². The van der Waals surface area contributed by atoms with Gasteiger partial charge in [0.1, 0.15) is 17.3 Å². The molecule has 1 aromatic heterocycles. The van der Waals surface area contributed by atoms with Crippen LogP contribution < -0.4 is 5.32 Å². The third kappa shape index (κ3) is 7.55. The molecule has 0 radical (unpaired) electrons. The van der Waals surface area contributed by atoms with Crippen molar-refractivity contribution in [3.05, 3.63) is 46.9 Å². The lowest BCUT2D eigenvalue weighted by molar-refractivity contribution is 0.297. The molecule has 1 N–H and O–H groups in total. The summed E-state index contributed by atoms with van der Waals surface area (Å²) < 4.78 is 19.0. The standard InChI is InChI=1S/C18H24ClFN2O.2ClH/c1-3-22(4-2)11-5-10-21-13-15-7-9-18(23-15)14-6-8-17(20)16(19)12-14;;/h6-9,12,21H,3-5,10-11,13H2,1-2H3;2*1H. The lowest BCUT2D eigenvalue weighted by atomic mass is 10.2. The Balaban J connectivity index is 0.00000288. The monoisotopic (exact) mass is 410 g/mol. The maximum atomic E-state index is 13.2. The van der Waals surface area contributed by atoms with E-state index < -0.39 is 5.82 Å². The number of benzene rings is 1. The second-order valence-corrected chi connectivity index (χ2v) is 5.86. The van der Waals surface area contributed by atoms with Crippen LogP contribution in [0.15, 0.2) is 34.7 Å². The SMILES string of the molecule is CCN(CC)CCCNCc1ccc(-c2ccc(F)c(Cl)c2)o1.Cl.Cl. The first-order valence-electron chi connectivity index (χ1n) is 8.11. The zero-order valence-electron chi connectivity index (χ0n) is 14.6. The molecule has 142 valence electrons. The van der Waals surface area contributed by atoms with E-state index in [2.05, 4.69) is 24.1 Å². The number of hydrogen-bond donors (Lipinski definition) is 1. The molecule has 0 fully saturated rings. The minimum Gasteiger partial charge on any atom is -0.460 e. The van der Waals surface area contributed by atoms with Gasteiger partial charge in [0.15, 0.2) is 0 Å². The van der Waals surface area contributed by atoms with Gasteiger partial charge in [-0.3, -0.25) is 0 Å². The molecule has 1 aromatic carbocycles. The third-order valence-corrected chi connectivity index (χ3v) is 4.18. The lowest BCUT2D eigenvalue weighted by Gasteiger charge is -2.17. The molecule has 0 saturated heterocycles. The van der Waals surface area contributed by atoms with Gasteiger partial charge in [-0.05, 0) is 62.9 Å². The summed E-state index contributed by atoms with van der Waals surface area (Å²) in [5.74, 6) is 1.15. The smallest absolute Gasteiger partial charge is 0.141 e. The summed E-state index contributed by atoms with van der Waals surface area (Å²) in [7, 11) is 0. The average Bonchev–Trinajstić information content (AvgIpc) is 3.02. The molecule has 0 aliphatic carbocycles. The van der Waals surface area contributed by atoms with E-state index in [0.29, 0.717) is 12.3 Å². The molecular formula is C18H26Cl3FN2O. The zero-order chi connectivity index (χ0) is 16.7. The molecule has 0 atom stereocenters. The van der Waals surface area contributed by atoms with Gasteiger partial charge in [-0.15, -0.1) is 24.8 Å². The Morgan fingerprint density at radius 3 is 2.48 bits per heavy atom. The zero-order valence-corrected chi connectivity index (χ0v) is 16.9. The summed E-state index contributed by atoms with van der Waals surface area (Å²) in [4.78, 5) is 2.41. The van der Waals surface area contributed by atoms with Gasteiger partial charge in [-0.25, -0.2) is 4.39 Å². The highest BCUT2D eigenvalue weighted by Crippen LogP contribution is 2.26. The van der Waals surface area contributed by atoms with Crippen molar-refractivity contribution >= 4 is 36.4 Å². The number of halogens is 4. The molecule has 2 rings (SSSR count). The number of rotatable bonds is 9. The van der Waals surface area contributed by atoms with Crippen LogP contribution in [0, 0.1) is 5.82 Å². The highest BCUT2D eigenvalue weighted by atomic mass is 35.5. The van der Waals surface area contributed by atoms with Crippen molar-refractivity contribution in [3.8, 4) is 11.3 Å². The molecule has 0 aliphatic rings. The highest BCUT2D eigenvalue weighted by molar-refractivity contribution is 6.31. The van der Waals surface area contributed by atoms with Crippen LogP contribution in [0.25, 0.3) is 11.3 Å². The van der Waals surface area contributed by atoms with E-state index in [1.54, 1.807) is 12.1 Å². The number of hydrogen-bond acceptors (Lipinski definition) is 3. The first-order valence-corrected chi connectivity index (χ1v) is 8.49. The molecule has 25 heavy (non-hydrogen) atoms. The van der Waals surface area contributed by atoms with Crippen molar-refractivity contribution in [2.75, 3.05) is 26.2 Å². The van der Waals surface area contributed by atoms with E-state index in [4.69, 9.17) is 16.0 Å². The Morgan fingerprint density at radius 2 is 1.84 bits per heavy atom. The van der Waals surface area contributed by atoms with Crippen LogP contribution in [0.4, 0.5) is 4.39 Å². The van der Waals surface area contributed by atoms with Gasteiger partial charge in [-0.1, -0.05) is 25.4 Å². The molecule has 0 spiro atoms. The van der Waals surface area contributed by atoms with E-state index in [1.165, 1.54) is 6.07 Å². The van der Waals surface area contributed by atoms with E-state index in [1.807, 2.05) is 12.1 Å². The van der Waals surface area contributed by atoms with Gasteiger partial charge in [0.25, 0.3) is 0 Å². The quantitative estimate of drug-likeness (QED) is 0.560. The lowest BCUT2D eigenvalue weighted by Crippen LogP contribution is -2.27. The summed E-state index contributed by atoms with van der Waals surface area (Å²) >= 11 is 5.81. The average molecular weight is 412 g/mol. The summed E-state index contributed by atoms with van der Waals surface area (Å²) in [5, 5.41) is 3.49. The first kappa shape index (κ1) is 24.2. The summed E-state index contributed by atoms with van der Waals surface area (Å²) in [6.07, 6.45) is 1.11. The minimum absolute atomic E-state index is 0. The molecule has 3 nitrogen and oxygen atoms in total. The molecule has 0 unspecified atom stereocenters. The Morgan fingerprint density at radius 1 is 1.12 bits per heavy atom. The van der Waals surface area contributed by atoms with Crippen molar-refractivity contribution in [2.45, 2.75) is 26.8 Å². The molecule has 0 amide bonds. The molecule has 0 bridgehead atoms. The van der Waals surface area contributed by atoms with Crippen molar-refractivity contribution in [3.63, 3.8) is 0 Å². The summed E-state index contributed by atoms with van der Waals surface area (Å²) in [5.41, 5.74) is 0.782. The molecular weight excluding hydrogens is 386 g/mol. The number of furan rings is 1. The van der Waals surface area contributed by atoms with Crippen LogP contribution in [0.1, 0.15) is 26.0 Å². The molecule has 7 heteroatoms. The van der Waals surface area contributed by atoms with Crippen LogP contribution >= 0.6 is 36.4 Å². The van der Waals surface area contributed by atoms with Gasteiger partial charge >= 0.3 is 0 Å². The fourth-order valence-corrected chi connectivity index (χ4v) is 2.64. The van der Waals surface area contributed by atoms with Crippen LogP contribution in [0.2, 0.25) is 5.02 Å². The number of nitrogens with zero attached hydrogens (tertiary/aromatic N) is 1. The van der Waals surface area contributed by atoms with Crippen molar-refractivity contribution in [2.24, 2.45) is 0 Å². The maximum absolute atomic E-state index is 13.2. The van der Waals surface area contributed by atoms with Crippen LogP contribution in [0.3, 0.4) is 0 Å². The van der Waals surface area contributed by atoms with Gasteiger partial charge in [0.05, 0.1) is 11.6 Å². The van der Waals surface area contributed by atoms with Crippen molar-refractivity contribution in [1.82, 2.24) is 10.2 Å². The van der Waals surface area contributed by atoms with E-state index in [0.717, 1.165) is 43.9 Å². The highest BCUT2D eigenvalue weighted by Gasteiger charge is 2.07. The van der Waals surface area contributed by atoms with Crippen LogP contribution in [-0.4, -0.2) is 31.1 Å². The van der Waals surface area contributed by atoms with Gasteiger partial charge < -0.3 is 14.6 Å². The molecule has 1 heterocycles. The maximum Gasteiger partial charge on any atom is 0.141 e. The number of nitrogens with one attached hydrogen (secondary N) is 1. The third-order valence-electron chi connectivity index (χ3n) is 3.89. The second kappa shape index (κ2) is 12.6. The Kier molecular flexibility index (Phi) is 12.2. The largest absolute Gasteiger partial charge is 0.460 e. The topological polar surface area (TPSA) is 28.4 Å². The van der Waals surface area contributed by atoms with Crippen LogP contribution in [-0.2, 0) is 6.54 Å². The molecule has 2 aromatic rings. The van der Waals surface area contributed by atoms with E-state index in [-0.39, 0.29) is 29.8 Å². The molecule has 0 saturated carbocycles. The summed E-state index contributed by atoms with van der Waals surface area (Å²) in [6.45, 7) is 9.31.